The summed E-state index contributed by atoms with van der Waals surface area (Å²) in [5, 5.41) is 5.57. The van der Waals surface area contributed by atoms with Crippen molar-refractivity contribution in [2.45, 2.75) is 32.7 Å². The summed E-state index contributed by atoms with van der Waals surface area (Å²) in [6.45, 7) is 8.88. The van der Waals surface area contributed by atoms with E-state index >= 15 is 0 Å². The molecule has 0 heterocycles. The molecule has 7 nitrogen and oxygen atoms in total. The third-order valence-corrected chi connectivity index (χ3v) is 3.51. The highest BCUT2D eigenvalue weighted by Crippen LogP contribution is 2.20. The number of hydrogen-bond donors (Lipinski definition) is 2. The molecule has 1 rings (SSSR count). The Morgan fingerprint density at radius 3 is 2.04 bits per heavy atom. The van der Waals surface area contributed by atoms with Gasteiger partial charge in [-0.05, 0) is 31.5 Å². The molecule has 142 valence electrons. The van der Waals surface area contributed by atoms with Gasteiger partial charge in [0.05, 0.1) is 13.2 Å². The summed E-state index contributed by atoms with van der Waals surface area (Å²) in [6.07, 6.45) is 1.66. The Balaban J connectivity index is 3.20. The van der Waals surface area contributed by atoms with Crippen LogP contribution >= 0.6 is 0 Å². The molecule has 0 aromatic heterocycles. The molecule has 0 bridgehead atoms. The number of benzene rings is 1. The van der Waals surface area contributed by atoms with E-state index in [0.717, 1.165) is 5.69 Å². The lowest BCUT2D eigenvalue weighted by atomic mass is 9.90. The van der Waals surface area contributed by atoms with Crippen LogP contribution in [0.3, 0.4) is 0 Å². The summed E-state index contributed by atoms with van der Waals surface area (Å²) in [7, 11) is 0. The fourth-order valence-corrected chi connectivity index (χ4v) is 2.42. The smallest absolute Gasteiger partial charge is 0.344 e. The Morgan fingerprint density at radius 1 is 1.08 bits per heavy atom. The van der Waals surface area contributed by atoms with Gasteiger partial charge in [0.1, 0.15) is 0 Å². The molecule has 0 aliphatic rings. The van der Waals surface area contributed by atoms with E-state index in [-0.39, 0.29) is 19.6 Å². The number of carbonyl (C=O) groups excluding carboxylic acids is 3. The molecule has 0 spiro atoms. The van der Waals surface area contributed by atoms with Crippen molar-refractivity contribution in [2.75, 3.05) is 25.1 Å². The van der Waals surface area contributed by atoms with Gasteiger partial charge in [-0.1, -0.05) is 18.2 Å². The Kier molecular flexibility index (Phi) is 8.34. The molecule has 0 aliphatic carbocycles. The first-order valence-electron chi connectivity index (χ1n) is 8.46. The zero-order valence-electron chi connectivity index (χ0n) is 15.5. The largest absolute Gasteiger partial charge is 0.464 e. The molecule has 1 amide bonds. The van der Waals surface area contributed by atoms with Gasteiger partial charge in [-0.2, -0.15) is 0 Å². The number of amides is 1. The summed E-state index contributed by atoms with van der Waals surface area (Å²) in [5.74, 6) is -2.22. The van der Waals surface area contributed by atoms with Crippen LogP contribution in [0.1, 0.15) is 26.3 Å². The summed E-state index contributed by atoms with van der Waals surface area (Å²) in [4.78, 5) is 36.8. The number of ether oxygens (including phenoxy) is 2. The second-order valence-corrected chi connectivity index (χ2v) is 5.57. The lowest BCUT2D eigenvalue weighted by Crippen LogP contribution is -2.62. The number of hydrogen-bond acceptors (Lipinski definition) is 6. The molecule has 1 aromatic carbocycles. The maximum absolute atomic E-state index is 12.6. The zero-order valence-corrected chi connectivity index (χ0v) is 15.5. The molecule has 0 atom stereocenters. The van der Waals surface area contributed by atoms with E-state index < -0.39 is 23.4 Å². The van der Waals surface area contributed by atoms with Crippen LogP contribution in [-0.2, 0) is 30.3 Å². The van der Waals surface area contributed by atoms with Crippen LogP contribution in [0.5, 0.6) is 0 Å². The average Bonchev–Trinajstić information content (AvgIpc) is 2.60. The molecule has 1 aromatic rings. The monoisotopic (exact) mass is 362 g/mol. The molecule has 2 N–H and O–H groups in total. The van der Waals surface area contributed by atoms with E-state index in [2.05, 4.69) is 17.2 Å². The summed E-state index contributed by atoms with van der Waals surface area (Å²) < 4.78 is 10.1. The second-order valence-electron chi connectivity index (χ2n) is 5.57. The Hall–Kier alpha value is -2.83. The molecule has 7 heteroatoms. The van der Waals surface area contributed by atoms with Crippen molar-refractivity contribution in [3.8, 4) is 0 Å². The average molecular weight is 362 g/mol. The topological polar surface area (TPSA) is 93.7 Å². The lowest BCUT2D eigenvalue weighted by Gasteiger charge is -2.29. The molecule has 0 aliphatic heterocycles. The first-order valence-corrected chi connectivity index (χ1v) is 8.46. The van der Waals surface area contributed by atoms with Crippen LogP contribution in [0, 0.1) is 0 Å². The summed E-state index contributed by atoms with van der Waals surface area (Å²) in [5.41, 5.74) is -0.386. The molecule has 0 saturated heterocycles. The maximum atomic E-state index is 12.6. The third-order valence-electron chi connectivity index (χ3n) is 3.51. The van der Waals surface area contributed by atoms with E-state index in [4.69, 9.17) is 9.47 Å². The van der Waals surface area contributed by atoms with Gasteiger partial charge in [-0.3, -0.25) is 4.79 Å². The highest BCUT2D eigenvalue weighted by atomic mass is 16.6. The minimum Gasteiger partial charge on any atom is -0.464 e. The standard InChI is InChI=1S/C19H26N2O5/c1-5-12-20-16-10-8-15(9-11-16)13-19(21-14(4)22,17(23)25-6-2)18(24)26-7-3/h5,8-11,20H,1,6-7,12-13H2,2-4H3,(H,21,22). The van der Waals surface area contributed by atoms with Crippen LogP contribution in [0.25, 0.3) is 0 Å². The van der Waals surface area contributed by atoms with E-state index in [1.807, 2.05) is 12.1 Å². The van der Waals surface area contributed by atoms with Crippen molar-refractivity contribution >= 4 is 23.5 Å². The Bertz CT molecular complexity index is 622. The van der Waals surface area contributed by atoms with Crippen LogP contribution in [-0.4, -0.2) is 43.1 Å². The van der Waals surface area contributed by atoms with Crippen molar-refractivity contribution in [2.24, 2.45) is 0 Å². The third kappa shape index (κ3) is 5.61. The van der Waals surface area contributed by atoms with Crippen molar-refractivity contribution in [1.82, 2.24) is 5.32 Å². The van der Waals surface area contributed by atoms with Gasteiger partial charge in [0.25, 0.3) is 0 Å². The summed E-state index contributed by atoms with van der Waals surface area (Å²) in [6, 6.07) is 7.15. The molecule has 0 unspecified atom stereocenters. The molecular weight excluding hydrogens is 336 g/mol. The van der Waals surface area contributed by atoms with Crippen LogP contribution in [0.2, 0.25) is 0 Å². The van der Waals surface area contributed by atoms with Crippen LogP contribution in [0.15, 0.2) is 36.9 Å². The van der Waals surface area contributed by atoms with E-state index in [0.29, 0.717) is 12.1 Å². The minimum absolute atomic E-state index is 0.0734. The van der Waals surface area contributed by atoms with Gasteiger partial charge in [-0.15, -0.1) is 6.58 Å². The normalized spacial score (nSPS) is 10.6. The fourth-order valence-electron chi connectivity index (χ4n) is 2.42. The van der Waals surface area contributed by atoms with Gasteiger partial charge in [-0.25, -0.2) is 9.59 Å². The molecule has 26 heavy (non-hydrogen) atoms. The highest BCUT2D eigenvalue weighted by Gasteiger charge is 2.50. The number of esters is 2. The summed E-state index contributed by atoms with van der Waals surface area (Å²) >= 11 is 0. The van der Waals surface area contributed by atoms with Gasteiger partial charge in [0.15, 0.2) is 0 Å². The van der Waals surface area contributed by atoms with Crippen LogP contribution < -0.4 is 10.6 Å². The van der Waals surface area contributed by atoms with Gasteiger partial charge < -0.3 is 20.1 Å². The minimum atomic E-state index is -1.92. The molecule has 0 saturated carbocycles. The quantitative estimate of drug-likeness (QED) is 0.375. The lowest BCUT2D eigenvalue weighted by molar-refractivity contribution is -0.168. The fraction of sp³-hybridized carbons (Fsp3) is 0.421. The van der Waals surface area contributed by atoms with Crippen molar-refractivity contribution in [3.63, 3.8) is 0 Å². The number of nitrogens with one attached hydrogen (secondary N) is 2. The van der Waals surface area contributed by atoms with E-state index in [1.54, 1.807) is 32.1 Å². The first kappa shape index (κ1) is 21.2. The molecular formula is C19H26N2O5. The van der Waals surface area contributed by atoms with Crippen molar-refractivity contribution < 1.29 is 23.9 Å². The van der Waals surface area contributed by atoms with E-state index in [1.165, 1.54) is 6.92 Å². The van der Waals surface area contributed by atoms with E-state index in [9.17, 15) is 14.4 Å². The second kappa shape index (κ2) is 10.2. The maximum Gasteiger partial charge on any atom is 0.344 e. The molecule has 0 fully saturated rings. The Labute approximate surface area is 153 Å². The number of anilines is 1. The van der Waals surface area contributed by atoms with Crippen molar-refractivity contribution in [3.05, 3.63) is 42.5 Å². The predicted molar refractivity (Wildman–Crippen MR) is 98.6 cm³/mol. The van der Waals surface area contributed by atoms with Gasteiger partial charge >= 0.3 is 11.9 Å². The number of carbonyl (C=O) groups is 3. The van der Waals surface area contributed by atoms with Crippen LogP contribution in [0.4, 0.5) is 5.69 Å². The predicted octanol–water partition coefficient (Wildman–Crippen LogP) is 1.83. The molecule has 0 radical (unpaired) electrons. The highest BCUT2D eigenvalue weighted by molar-refractivity contribution is 6.08. The zero-order chi connectivity index (χ0) is 19.6. The first-order chi connectivity index (χ1) is 12.4. The van der Waals surface area contributed by atoms with Crippen molar-refractivity contribution in [1.29, 1.82) is 0 Å². The van der Waals surface area contributed by atoms with Gasteiger partial charge in [0.2, 0.25) is 11.4 Å². The van der Waals surface area contributed by atoms with Gasteiger partial charge in [0, 0.05) is 25.6 Å². The number of rotatable bonds is 10. The Morgan fingerprint density at radius 2 is 1.62 bits per heavy atom. The SMILES string of the molecule is C=CCNc1ccc(CC(NC(C)=O)(C(=O)OCC)C(=O)OCC)cc1.